The van der Waals surface area contributed by atoms with E-state index in [1.165, 1.54) is 4.90 Å². The molecule has 1 saturated heterocycles. The van der Waals surface area contributed by atoms with Crippen molar-refractivity contribution in [2.75, 3.05) is 33.7 Å². The van der Waals surface area contributed by atoms with Crippen molar-refractivity contribution in [2.24, 2.45) is 0 Å². The molecule has 0 radical (unpaired) electrons. The molecule has 5 heteroatoms. The van der Waals surface area contributed by atoms with Crippen LogP contribution in [0.15, 0.2) is 0 Å². The standard InChI is InChI=1S/C7H15N3O2/c1-10(2)6(11)9-5-7(12)3-8-4-7/h8,12H,3-5H2,1-2H3,(H,9,11). The van der Waals surface area contributed by atoms with Crippen LogP contribution in [0, 0.1) is 0 Å². The van der Waals surface area contributed by atoms with E-state index >= 15 is 0 Å². The predicted octanol–water partition coefficient (Wildman–Crippen LogP) is -1.41. The Morgan fingerprint density at radius 1 is 1.67 bits per heavy atom. The number of urea groups is 1. The molecule has 70 valence electrons. The summed E-state index contributed by atoms with van der Waals surface area (Å²) < 4.78 is 0. The van der Waals surface area contributed by atoms with E-state index in [-0.39, 0.29) is 6.03 Å². The molecule has 0 spiro atoms. The second-order valence-electron chi connectivity index (χ2n) is 3.38. The number of carbonyl (C=O) groups excluding carboxylic acids is 1. The summed E-state index contributed by atoms with van der Waals surface area (Å²) >= 11 is 0. The Morgan fingerprint density at radius 3 is 2.58 bits per heavy atom. The van der Waals surface area contributed by atoms with Crippen molar-refractivity contribution in [1.82, 2.24) is 15.5 Å². The van der Waals surface area contributed by atoms with Crippen molar-refractivity contribution in [3.8, 4) is 0 Å². The van der Waals surface area contributed by atoms with Crippen LogP contribution in [0.25, 0.3) is 0 Å². The van der Waals surface area contributed by atoms with Crippen LogP contribution in [0.4, 0.5) is 4.79 Å². The highest BCUT2D eigenvalue weighted by molar-refractivity contribution is 5.73. The third kappa shape index (κ3) is 2.09. The summed E-state index contributed by atoms with van der Waals surface area (Å²) in [7, 11) is 3.33. The molecule has 0 aromatic carbocycles. The molecule has 0 atom stereocenters. The summed E-state index contributed by atoms with van der Waals surface area (Å²) in [5.41, 5.74) is -0.730. The van der Waals surface area contributed by atoms with Gasteiger partial charge in [0, 0.05) is 27.2 Å². The van der Waals surface area contributed by atoms with E-state index in [4.69, 9.17) is 0 Å². The molecule has 1 fully saturated rings. The number of hydrogen-bond acceptors (Lipinski definition) is 3. The quantitative estimate of drug-likeness (QED) is 0.481. The maximum Gasteiger partial charge on any atom is 0.316 e. The Morgan fingerprint density at radius 2 is 2.25 bits per heavy atom. The van der Waals surface area contributed by atoms with Crippen molar-refractivity contribution < 1.29 is 9.90 Å². The first-order valence-electron chi connectivity index (χ1n) is 3.92. The smallest absolute Gasteiger partial charge is 0.316 e. The zero-order valence-corrected chi connectivity index (χ0v) is 7.42. The number of nitrogens with one attached hydrogen (secondary N) is 2. The Bertz CT molecular complexity index is 177. The first kappa shape index (κ1) is 9.28. The van der Waals surface area contributed by atoms with E-state index in [1.807, 2.05) is 0 Å². The van der Waals surface area contributed by atoms with Gasteiger partial charge in [-0.25, -0.2) is 4.79 Å². The van der Waals surface area contributed by atoms with Gasteiger partial charge in [-0.1, -0.05) is 0 Å². The van der Waals surface area contributed by atoms with Gasteiger partial charge in [0.1, 0.15) is 5.60 Å². The fourth-order valence-corrected chi connectivity index (χ4v) is 0.937. The minimum atomic E-state index is -0.730. The molecule has 1 heterocycles. The SMILES string of the molecule is CN(C)C(=O)NCC1(O)CNC1. The van der Waals surface area contributed by atoms with Crippen LogP contribution in [0.3, 0.4) is 0 Å². The fraction of sp³-hybridized carbons (Fsp3) is 0.857. The first-order chi connectivity index (χ1) is 5.53. The molecule has 1 aliphatic heterocycles. The van der Waals surface area contributed by atoms with E-state index in [1.54, 1.807) is 14.1 Å². The van der Waals surface area contributed by atoms with Gasteiger partial charge in [-0.3, -0.25) is 0 Å². The first-order valence-corrected chi connectivity index (χ1v) is 3.92. The van der Waals surface area contributed by atoms with Gasteiger partial charge in [-0.2, -0.15) is 0 Å². The van der Waals surface area contributed by atoms with Crippen molar-refractivity contribution in [3.63, 3.8) is 0 Å². The molecular weight excluding hydrogens is 158 g/mol. The lowest BCUT2D eigenvalue weighted by molar-refractivity contribution is -0.00665. The van der Waals surface area contributed by atoms with E-state index in [2.05, 4.69) is 10.6 Å². The summed E-state index contributed by atoms with van der Waals surface area (Å²) in [6.45, 7) is 1.43. The maximum atomic E-state index is 11.0. The largest absolute Gasteiger partial charge is 0.385 e. The highest BCUT2D eigenvalue weighted by atomic mass is 16.3. The third-order valence-electron chi connectivity index (χ3n) is 1.88. The second-order valence-corrected chi connectivity index (χ2v) is 3.38. The van der Waals surface area contributed by atoms with Crippen LogP contribution in [0.2, 0.25) is 0 Å². The number of β-amino-alcohol motifs (C(OH)–C–C–N with tert-alkyl or cyclic N) is 1. The molecular formula is C7H15N3O2. The normalized spacial score (nSPS) is 19.6. The van der Waals surface area contributed by atoms with Crippen molar-refractivity contribution >= 4 is 6.03 Å². The zero-order chi connectivity index (χ0) is 9.19. The average Bonchev–Trinajstić information content (AvgIpc) is 1.96. The van der Waals surface area contributed by atoms with Crippen LogP contribution in [0.1, 0.15) is 0 Å². The monoisotopic (exact) mass is 173 g/mol. The lowest BCUT2D eigenvalue weighted by atomic mass is 9.98. The van der Waals surface area contributed by atoms with Gasteiger partial charge in [0.2, 0.25) is 0 Å². The van der Waals surface area contributed by atoms with E-state index < -0.39 is 5.60 Å². The summed E-state index contributed by atoms with van der Waals surface area (Å²) in [5, 5.41) is 15.1. The molecule has 0 aromatic heterocycles. The molecule has 1 aliphatic rings. The Labute approximate surface area is 71.7 Å². The lowest BCUT2D eigenvalue weighted by Crippen LogP contribution is -2.65. The summed E-state index contributed by atoms with van der Waals surface area (Å²) in [4.78, 5) is 12.5. The van der Waals surface area contributed by atoms with Gasteiger partial charge in [-0.15, -0.1) is 0 Å². The molecule has 0 unspecified atom stereocenters. The van der Waals surface area contributed by atoms with Gasteiger partial charge < -0.3 is 20.6 Å². The van der Waals surface area contributed by atoms with Gasteiger partial charge in [0.05, 0.1) is 6.54 Å². The summed E-state index contributed by atoms with van der Waals surface area (Å²) in [5.74, 6) is 0. The van der Waals surface area contributed by atoms with Gasteiger partial charge in [0.25, 0.3) is 0 Å². The number of hydrogen-bond donors (Lipinski definition) is 3. The van der Waals surface area contributed by atoms with Crippen LogP contribution >= 0.6 is 0 Å². The predicted molar refractivity (Wildman–Crippen MR) is 44.9 cm³/mol. The minimum absolute atomic E-state index is 0.171. The maximum absolute atomic E-state index is 11.0. The number of rotatable bonds is 2. The van der Waals surface area contributed by atoms with Crippen LogP contribution in [-0.2, 0) is 0 Å². The Balaban J connectivity index is 2.21. The van der Waals surface area contributed by atoms with Crippen molar-refractivity contribution in [1.29, 1.82) is 0 Å². The van der Waals surface area contributed by atoms with Crippen molar-refractivity contribution in [3.05, 3.63) is 0 Å². The Hall–Kier alpha value is -0.810. The molecule has 2 amide bonds. The van der Waals surface area contributed by atoms with Gasteiger partial charge in [0.15, 0.2) is 0 Å². The summed E-state index contributed by atoms with van der Waals surface area (Å²) in [6.07, 6.45) is 0. The second kappa shape index (κ2) is 3.28. The fourth-order valence-electron chi connectivity index (χ4n) is 0.937. The highest BCUT2D eigenvalue weighted by Gasteiger charge is 2.34. The molecule has 5 nitrogen and oxygen atoms in total. The molecule has 0 saturated carbocycles. The third-order valence-corrected chi connectivity index (χ3v) is 1.88. The lowest BCUT2D eigenvalue weighted by Gasteiger charge is -2.37. The molecule has 0 bridgehead atoms. The van der Waals surface area contributed by atoms with E-state index in [0.717, 1.165) is 0 Å². The molecule has 12 heavy (non-hydrogen) atoms. The molecule has 0 aromatic rings. The molecule has 1 rings (SSSR count). The number of aliphatic hydroxyl groups is 1. The van der Waals surface area contributed by atoms with Crippen LogP contribution in [0.5, 0.6) is 0 Å². The average molecular weight is 173 g/mol. The molecule has 3 N–H and O–H groups in total. The molecule has 0 aliphatic carbocycles. The topological polar surface area (TPSA) is 64.6 Å². The van der Waals surface area contributed by atoms with E-state index in [0.29, 0.717) is 19.6 Å². The minimum Gasteiger partial charge on any atom is -0.385 e. The number of nitrogens with zero attached hydrogens (tertiary/aromatic N) is 1. The zero-order valence-electron chi connectivity index (χ0n) is 7.42. The summed E-state index contributed by atoms with van der Waals surface area (Å²) in [6, 6.07) is -0.171. The number of carbonyl (C=O) groups is 1. The van der Waals surface area contributed by atoms with Crippen molar-refractivity contribution in [2.45, 2.75) is 5.60 Å². The number of amides is 2. The van der Waals surface area contributed by atoms with Crippen LogP contribution < -0.4 is 10.6 Å². The highest BCUT2D eigenvalue weighted by Crippen LogP contribution is 2.07. The van der Waals surface area contributed by atoms with Gasteiger partial charge >= 0.3 is 6.03 Å². The Kier molecular flexibility index (Phi) is 2.54. The van der Waals surface area contributed by atoms with E-state index in [9.17, 15) is 9.90 Å². The van der Waals surface area contributed by atoms with Crippen LogP contribution in [-0.4, -0.2) is 55.4 Å². The van der Waals surface area contributed by atoms with Gasteiger partial charge in [-0.05, 0) is 0 Å².